The van der Waals surface area contributed by atoms with E-state index in [1.807, 2.05) is 38.1 Å². The van der Waals surface area contributed by atoms with E-state index in [1.54, 1.807) is 18.2 Å². The first-order valence-electron chi connectivity index (χ1n) is 9.05. The van der Waals surface area contributed by atoms with E-state index in [2.05, 4.69) is 10.0 Å². The van der Waals surface area contributed by atoms with Gasteiger partial charge in [0.25, 0.3) is 15.9 Å². The summed E-state index contributed by atoms with van der Waals surface area (Å²) in [6.07, 6.45) is 0. The van der Waals surface area contributed by atoms with Gasteiger partial charge in [-0.05, 0) is 47.9 Å². The first-order valence-corrected chi connectivity index (χ1v) is 10.9. The van der Waals surface area contributed by atoms with Crippen molar-refractivity contribution < 1.29 is 13.2 Å². The Morgan fingerprint density at radius 3 is 2.24 bits per heavy atom. The third-order valence-electron chi connectivity index (χ3n) is 4.35. The number of amides is 1. The monoisotopic (exact) mass is 428 g/mol. The van der Waals surface area contributed by atoms with Crippen LogP contribution in [0, 0.1) is 0 Å². The van der Waals surface area contributed by atoms with E-state index in [-0.39, 0.29) is 33.0 Å². The average Bonchev–Trinajstić information content (AvgIpc) is 2.68. The van der Waals surface area contributed by atoms with Gasteiger partial charge in [0.1, 0.15) is 0 Å². The summed E-state index contributed by atoms with van der Waals surface area (Å²) in [4.78, 5) is 12.8. The topological polar surface area (TPSA) is 75.3 Å². The summed E-state index contributed by atoms with van der Waals surface area (Å²) in [6.45, 7) is 4.09. The number of anilines is 2. The van der Waals surface area contributed by atoms with Gasteiger partial charge in [-0.25, -0.2) is 8.42 Å². The second kappa shape index (κ2) is 8.68. The first kappa shape index (κ1) is 20.9. The number of sulfonamides is 1. The summed E-state index contributed by atoms with van der Waals surface area (Å²) in [5.41, 5.74) is 2.27. The maximum Gasteiger partial charge on any atom is 0.261 e. The lowest BCUT2D eigenvalue weighted by Crippen LogP contribution is -2.15. The van der Waals surface area contributed by atoms with Gasteiger partial charge in [0, 0.05) is 5.69 Å². The second-order valence-electron chi connectivity index (χ2n) is 6.81. The van der Waals surface area contributed by atoms with Gasteiger partial charge >= 0.3 is 0 Å². The summed E-state index contributed by atoms with van der Waals surface area (Å²) < 4.78 is 27.4. The average molecular weight is 429 g/mol. The van der Waals surface area contributed by atoms with Crippen molar-refractivity contribution in [3.05, 3.63) is 88.9 Å². The van der Waals surface area contributed by atoms with Crippen LogP contribution in [-0.4, -0.2) is 14.3 Å². The fourth-order valence-corrected chi connectivity index (χ4v) is 4.22. The largest absolute Gasteiger partial charge is 0.322 e. The van der Waals surface area contributed by atoms with Crippen molar-refractivity contribution in [1.29, 1.82) is 0 Å². The highest BCUT2D eigenvalue weighted by Crippen LogP contribution is 2.27. The quantitative estimate of drug-likeness (QED) is 0.543. The van der Waals surface area contributed by atoms with Gasteiger partial charge in [0.15, 0.2) is 0 Å². The number of benzene rings is 3. The summed E-state index contributed by atoms with van der Waals surface area (Å²) in [5, 5.41) is 3.03. The predicted molar refractivity (Wildman–Crippen MR) is 117 cm³/mol. The number of hydrogen-bond donors (Lipinski definition) is 2. The molecule has 0 aliphatic heterocycles. The van der Waals surface area contributed by atoms with Crippen LogP contribution in [0.2, 0.25) is 5.02 Å². The zero-order valence-electron chi connectivity index (χ0n) is 16.0. The van der Waals surface area contributed by atoms with Crippen LogP contribution in [0.15, 0.2) is 77.7 Å². The molecule has 3 aromatic rings. The van der Waals surface area contributed by atoms with E-state index in [9.17, 15) is 13.2 Å². The van der Waals surface area contributed by atoms with Gasteiger partial charge < -0.3 is 5.32 Å². The van der Waals surface area contributed by atoms with Gasteiger partial charge in [-0.15, -0.1) is 0 Å². The molecule has 0 radical (unpaired) electrons. The third kappa shape index (κ3) is 4.96. The van der Waals surface area contributed by atoms with Crippen molar-refractivity contribution in [2.24, 2.45) is 0 Å². The third-order valence-corrected chi connectivity index (χ3v) is 6.06. The lowest BCUT2D eigenvalue weighted by molar-refractivity contribution is 0.102. The summed E-state index contributed by atoms with van der Waals surface area (Å²) in [6, 6.07) is 20.0. The van der Waals surface area contributed by atoms with E-state index in [0.29, 0.717) is 0 Å². The predicted octanol–water partition coefficient (Wildman–Crippen LogP) is 5.52. The molecule has 5 nitrogen and oxygen atoms in total. The molecular formula is C22H21ClN2O3S. The zero-order chi connectivity index (χ0) is 21.0. The van der Waals surface area contributed by atoms with Crippen molar-refractivity contribution in [1.82, 2.24) is 0 Å². The molecule has 2 N–H and O–H groups in total. The molecule has 0 unspecified atom stereocenters. The minimum Gasteiger partial charge on any atom is -0.322 e. The van der Waals surface area contributed by atoms with Crippen LogP contribution in [0.4, 0.5) is 11.4 Å². The number of carbonyl (C=O) groups excluding carboxylic acids is 1. The maximum absolute atomic E-state index is 12.7. The van der Waals surface area contributed by atoms with Crippen LogP contribution >= 0.6 is 11.6 Å². The molecule has 0 aromatic heterocycles. The molecule has 0 spiro atoms. The molecule has 0 saturated carbocycles. The zero-order valence-corrected chi connectivity index (χ0v) is 17.6. The Morgan fingerprint density at radius 1 is 0.931 bits per heavy atom. The molecule has 1 amide bonds. The molecular weight excluding hydrogens is 408 g/mol. The van der Waals surface area contributed by atoms with Crippen molar-refractivity contribution in [2.45, 2.75) is 24.7 Å². The molecule has 150 valence electrons. The molecule has 3 aromatic carbocycles. The normalized spacial score (nSPS) is 11.3. The molecule has 0 bridgehead atoms. The van der Waals surface area contributed by atoms with E-state index in [1.165, 1.54) is 30.3 Å². The Hall–Kier alpha value is -2.83. The van der Waals surface area contributed by atoms with Gasteiger partial charge in [0.2, 0.25) is 0 Å². The van der Waals surface area contributed by atoms with E-state index in [0.717, 1.165) is 11.3 Å². The fraction of sp³-hybridized carbons (Fsp3) is 0.136. The van der Waals surface area contributed by atoms with Crippen LogP contribution in [0.1, 0.15) is 35.7 Å². The Bertz CT molecular complexity index is 1130. The fourth-order valence-electron chi connectivity index (χ4n) is 2.88. The van der Waals surface area contributed by atoms with Gasteiger partial charge in [0.05, 0.1) is 21.2 Å². The van der Waals surface area contributed by atoms with Gasteiger partial charge in [-0.1, -0.05) is 61.8 Å². The number of hydrogen-bond acceptors (Lipinski definition) is 3. The molecule has 29 heavy (non-hydrogen) atoms. The first-order chi connectivity index (χ1) is 13.8. The van der Waals surface area contributed by atoms with E-state index in [4.69, 9.17) is 11.6 Å². The Labute approximate surface area is 175 Å². The van der Waals surface area contributed by atoms with Crippen LogP contribution in [0.5, 0.6) is 0 Å². The number of carbonyl (C=O) groups is 1. The van der Waals surface area contributed by atoms with Crippen LogP contribution in [-0.2, 0) is 10.0 Å². The van der Waals surface area contributed by atoms with Crippen molar-refractivity contribution >= 4 is 38.9 Å². The van der Waals surface area contributed by atoms with Crippen molar-refractivity contribution in [3.63, 3.8) is 0 Å². The Kier molecular flexibility index (Phi) is 6.25. The van der Waals surface area contributed by atoms with E-state index >= 15 is 0 Å². The number of para-hydroxylation sites is 1. The molecule has 0 fully saturated rings. The highest BCUT2D eigenvalue weighted by atomic mass is 35.5. The number of halogens is 1. The standard InChI is InChI=1S/C22H21ClN2O3S/c1-15(2)18-10-6-7-11-21(18)24-22(26)19-13-12-16(14-20(19)23)25-29(27,28)17-8-4-3-5-9-17/h3-15,25H,1-2H3,(H,24,26). The van der Waals surface area contributed by atoms with Crippen LogP contribution in [0.25, 0.3) is 0 Å². The molecule has 0 atom stereocenters. The summed E-state index contributed by atoms with van der Waals surface area (Å²) in [7, 11) is -3.74. The Balaban J connectivity index is 1.80. The molecule has 0 aliphatic rings. The van der Waals surface area contributed by atoms with Crippen LogP contribution in [0.3, 0.4) is 0 Å². The molecule has 0 heterocycles. The minimum atomic E-state index is -3.74. The van der Waals surface area contributed by atoms with Crippen molar-refractivity contribution in [2.75, 3.05) is 10.0 Å². The van der Waals surface area contributed by atoms with Gasteiger partial charge in [-0.3, -0.25) is 9.52 Å². The SMILES string of the molecule is CC(C)c1ccccc1NC(=O)c1ccc(NS(=O)(=O)c2ccccc2)cc1Cl. The summed E-state index contributed by atoms with van der Waals surface area (Å²) in [5.74, 6) is -0.114. The van der Waals surface area contributed by atoms with Gasteiger partial charge in [-0.2, -0.15) is 0 Å². The molecule has 0 aliphatic carbocycles. The maximum atomic E-state index is 12.7. The lowest BCUT2D eigenvalue weighted by atomic mass is 10.0. The molecule has 3 rings (SSSR count). The Morgan fingerprint density at radius 2 is 1.59 bits per heavy atom. The number of nitrogens with one attached hydrogen (secondary N) is 2. The highest BCUT2D eigenvalue weighted by Gasteiger charge is 2.17. The highest BCUT2D eigenvalue weighted by molar-refractivity contribution is 7.92. The second-order valence-corrected chi connectivity index (χ2v) is 8.90. The molecule has 7 heteroatoms. The smallest absolute Gasteiger partial charge is 0.261 e. The lowest BCUT2D eigenvalue weighted by Gasteiger charge is -2.14. The summed E-state index contributed by atoms with van der Waals surface area (Å²) >= 11 is 6.27. The van der Waals surface area contributed by atoms with Crippen molar-refractivity contribution in [3.8, 4) is 0 Å². The molecule has 0 saturated heterocycles. The number of rotatable bonds is 6. The minimum absolute atomic E-state index is 0.142. The van der Waals surface area contributed by atoms with Crippen LogP contribution < -0.4 is 10.0 Å². The van der Waals surface area contributed by atoms with E-state index < -0.39 is 10.0 Å².